The van der Waals surface area contributed by atoms with Crippen LogP contribution in [-0.2, 0) is 23.1 Å². The first-order chi connectivity index (χ1) is 12.8. The van der Waals surface area contributed by atoms with E-state index in [4.69, 9.17) is 10.2 Å². The van der Waals surface area contributed by atoms with E-state index in [0.717, 1.165) is 17.3 Å². The summed E-state index contributed by atoms with van der Waals surface area (Å²) in [5.74, 6) is 2.60. The van der Waals surface area contributed by atoms with Crippen LogP contribution < -0.4 is 12.4 Å². The van der Waals surface area contributed by atoms with Crippen LogP contribution in [0.3, 0.4) is 0 Å². The Hall–Kier alpha value is -0.220. The summed E-state index contributed by atoms with van der Waals surface area (Å²) >= 11 is 0. The molecule has 0 aliphatic heterocycles. The SMILES string of the molecule is CCCCCCCCCCCCc1ccc(C[S+](CCO)CCO)cc1.[Cl-]. The Morgan fingerprint density at radius 2 is 1.11 bits per heavy atom. The van der Waals surface area contributed by atoms with E-state index < -0.39 is 0 Å². The number of halogens is 1. The van der Waals surface area contributed by atoms with Crippen LogP contribution in [-0.4, -0.2) is 34.9 Å². The molecule has 27 heavy (non-hydrogen) atoms. The normalized spacial score (nSPS) is 11.0. The average Bonchev–Trinajstić information content (AvgIpc) is 2.65. The molecule has 4 heteroatoms. The zero-order valence-electron chi connectivity index (χ0n) is 17.3. The molecule has 2 nitrogen and oxygen atoms in total. The maximum Gasteiger partial charge on any atom is 0.133 e. The first-order valence-electron chi connectivity index (χ1n) is 10.7. The van der Waals surface area contributed by atoms with Crippen LogP contribution in [0.2, 0.25) is 0 Å². The Morgan fingerprint density at radius 1 is 0.667 bits per heavy atom. The van der Waals surface area contributed by atoms with Gasteiger partial charge in [-0.3, -0.25) is 0 Å². The number of benzene rings is 1. The minimum Gasteiger partial charge on any atom is -1.00 e. The molecule has 0 radical (unpaired) electrons. The molecule has 0 aliphatic rings. The molecule has 0 aromatic heterocycles. The molecule has 1 aromatic carbocycles. The molecule has 0 spiro atoms. The van der Waals surface area contributed by atoms with E-state index >= 15 is 0 Å². The minimum atomic E-state index is 0. The number of aryl methyl sites for hydroxylation is 1. The quantitative estimate of drug-likeness (QED) is 0.302. The maximum absolute atomic E-state index is 9.13. The number of hydrogen-bond acceptors (Lipinski definition) is 2. The van der Waals surface area contributed by atoms with Crippen molar-refractivity contribution in [2.45, 2.75) is 83.3 Å². The van der Waals surface area contributed by atoms with Gasteiger partial charge < -0.3 is 22.6 Å². The van der Waals surface area contributed by atoms with Crippen molar-refractivity contribution in [2.75, 3.05) is 24.7 Å². The maximum atomic E-state index is 9.13. The van der Waals surface area contributed by atoms with Crippen LogP contribution in [0.25, 0.3) is 0 Å². The number of hydrogen-bond donors (Lipinski definition) is 2. The molecule has 1 rings (SSSR count). The standard InChI is InChI=1S/C23H41O2S.ClH/c1-2-3-4-5-6-7-8-9-10-11-12-22-13-15-23(16-14-22)21-26(19-17-24)20-18-25;/h13-16,24-25H,2-12,17-21H2,1H3;1H/q+1;/p-1. The summed E-state index contributed by atoms with van der Waals surface area (Å²) in [5, 5.41) is 18.3. The summed E-state index contributed by atoms with van der Waals surface area (Å²) < 4.78 is 0. The highest BCUT2D eigenvalue weighted by Gasteiger charge is 2.17. The smallest absolute Gasteiger partial charge is 0.133 e. The molecule has 2 N–H and O–H groups in total. The number of aliphatic hydroxyl groups excluding tert-OH is 2. The summed E-state index contributed by atoms with van der Waals surface area (Å²) in [6.45, 7) is 2.72. The van der Waals surface area contributed by atoms with E-state index in [9.17, 15) is 0 Å². The highest BCUT2D eigenvalue weighted by molar-refractivity contribution is 7.96. The van der Waals surface area contributed by atoms with Gasteiger partial charge in [-0.15, -0.1) is 0 Å². The molecule has 0 unspecified atom stereocenters. The van der Waals surface area contributed by atoms with Gasteiger partial charge in [-0.2, -0.15) is 0 Å². The summed E-state index contributed by atoms with van der Waals surface area (Å²) in [5.41, 5.74) is 2.78. The second kappa shape index (κ2) is 19.1. The van der Waals surface area contributed by atoms with Crippen molar-refractivity contribution in [3.05, 3.63) is 35.4 Å². The lowest BCUT2D eigenvalue weighted by Crippen LogP contribution is -3.00. The molecule has 0 atom stereocenters. The highest BCUT2D eigenvalue weighted by Crippen LogP contribution is 2.15. The number of rotatable bonds is 17. The molecule has 0 heterocycles. The summed E-state index contributed by atoms with van der Waals surface area (Å²) in [6, 6.07) is 9.01. The van der Waals surface area contributed by atoms with Crippen LogP contribution in [0.5, 0.6) is 0 Å². The van der Waals surface area contributed by atoms with Gasteiger partial charge in [0.05, 0.1) is 13.2 Å². The van der Waals surface area contributed by atoms with E-state index in [1.165, 1.54) is 81.8 Å². The van der Waals surface area contributed by atoms with Crippen LogP contribution in [0, 0.1) is 0 Å². The lowest BCUT2D eigenvalue weighted by atomic mass is 10.0. The van der Waals surface area contributed by atoms with Crippen LogP contribution in [0.15, 0.2) is 24.3 Å². The molecule has 0 bridgehead atoms. The van der Waals surface area contributed by atoms with Crippen molar-refractivity contribution < 1.29 is 22.6 Å². The molecule has 1 aromatic rings. The van der Waals surface area contributed by atoms with E-state index in [1.54, 1.807) is 0 Å². The van der Waals surface area contributed by atoms with Gasteiger partial charge in [0.1, 0.15) is 17.3 Å². The van der Waals surface area contributed by atoms with Crippen molar-refractivity contribution in [1.82, 2.24) is 0 Å². The Balaban J connectivity index is 0.00000676. The Kier molecular flexibility index (Phi) is 19.0. The second-order valence-electron chi connectivity index (χ2n) is 7.36. The lowest BCUT2D eigenvalue weighted by Gasteiger charge is -2.08. The van der Waals surface area contributed by atoms with Gasteiger partial charge in [-0.1, -0.05) is 89.0 Å². The number of unbranched alkanes of at least 4 members (excludes halogenated alkanes) is 9. The Morgan fingerprint density at radius 3 is 1.59 bits per heavy atom. The summed E-state index contributed by atoms with van der Waals surface area (Å²) in [4.78, 5) is 0. The first kappa shape index (κ1) is 26.8. The molecular formula is C23H41ClO2S. The van der Waals surface area contributed by atoms with Crippen LogP contribution in [0.4, 0.5) is 0 Å². The van der Waals surface area contributed by atoms with Gasteiger partial charge in [0, 0.05) is 5.56 Å². The zero-order chi connectivity index (χ0) is 18.9. The molecule has 0 saturated heterocycles. The highest BCUT2D eigenvalue weighted by atomic mass is 35.5. The fourth-order valence-electron chi connectivity index (χ4n) is 3.36. The largest absolute Gasteiger partial charge is 1.00 e. The van der Waals surface area contributed by atoms with Crippen LogP contribution >= 0.6 is 0 Å². The number of aliphatic hydroxyl groups is 2. The van der Waals surface area contributed by atoms with E-state index in [-0.39, 0.29) is 36.5 Å². The van der Waals surface area contributed by atoms with Gasteiger partial charge in [0.2, 0.25) is 0 Å². The third kappa shape index (κ3) is 14.4. The van der Waals surface area contributed by atoms with Gasteiger partial charge in [0.15, 0.2) is 0 Å². The van der Waals surface area contributed by atoms with Crippen molar-refractivity contribution in [3.63, 3.8) is 0 Å². The molecular weight excluding hydrogens is 376 g/mol. The monoisotopic (exact) mass is 416 g/mol. The van der Waals surface area contributed by atoms with Gasteiger partial charge in [-0.05, 0) is 29.3 Å². The Labute approximate surface area is 176 Å². The van der Waals surface area contributed by atoms with E-state index in [2.05, 4.69) is 31.2 Å². The minimum absolute atomic E-state index is 0. The average molecular weight is 417 g/mol. The fraction of sp³-hybridized carbons (Fsp3) is 0.739. The lowest BCUT2D eigenvalue weighted by molar-refractivity contribution is -0.00000792. The molecule has 0 amide bonds. The Bertz CT molecular complexity index is 419. The fourth-order valence-corrected chi connectivity index (χ4v) is 5.03. The third-order valence-electron chi connectivity index (χ3n) is 4.97. The molecule has 158 valence electrons. The van der Waals surface area contributed by atoms with Crippen molar-refractivity contribution in [2.24, 2.45) is 0 Å². The second-order valence-corrected chi connectivity index (χ2v) is 9.69. The first-order valence-corrected chi connectivity index (χ1v) is 12.5. The van der Waals surface area contributed by atoms with Gasteiger partial charge in [0.25, 0.3) is 0 Å². The summed E-state index contributed by atoms with van der Waals surface area (Å²) in [7, 11) is 0.105. The predicted molar refractivity (Wildman–Crippen MR) is 117 cm³/mol. The van der Waals surface area contributed by atoms with Gasteiger partial charge in [-0.25, -0.2) is 0 Å². The van der Waals surface area contributed by atoms with E-state index in [0.29, 0.717) is 0 Å². The van der Waals surface area contributed by atoms with Crippen molar-refractivity contribution in [3.8, 4) is 0 Å². The molecule has 0 fully saturated rings. The van der Waals surface area contributed by atoms with E-state index in [1.807, 2.05) is 0 Å². The van der Waals surface area contributed by atoms with Crippen molar-refractivity contribution >= 4 is 10.9 Å². The topological polar surface area (TPSA) is 40.5 Å². The summed E-state index contributed by atoms with van der Waals surface area (Å²) in [6.07, 6.45) is 15.1. The molecule has 0 saturated carbocycles. The zero-order valence-corrected chi connectivity index (χ0v) is 18.9. The molecule has 0 aliphatic carbocycles. The van der Waals surface area contributed by atoms with Crippen molar-refractivity contribution in [1.29, 1.82) is 0 Å². The van der Waals surface area contributed by atoms with Crippen LogP contribution in [0.1, 0.15) is 82.3 Å². The predicted octanol–water partition coefficient (Wildman–Crippen LogP) is 2.26. The third-order valence-corrected chi connectivity index (χ3v) is 7.23. The van der Waals surface area contributed by atoms with Gasteiger partial charge >= 0.3 is 0 Å².